The van der Waals surface area contributed by atoms with Crippen LogP contribution in [0, 0.1) is 27.7 Å². The first-order chi connectivity index (χ1) is 13.6. The SMILES string of the molecule is COC(=O)c1c(C)[nH]c(C(=O)OCC(=O)NC(=O)Nc2ccc(C)c(C)c2)c1C. The molecule has 0 bridgehead atoms. The number of aryl methyl sites for hydroxylation is 3. The van der Waals surface area contributed by atoms with E-state index >= 15 is 0 Å². The second-order valence-electron chi connectivity index (χ2n) is 6.49. The molecular formula is C20H23N3O6. The number of aromatic nitrogens is 1. The van der Waals surface area contributed by atoms with Crippen molar-refractivity contribution in [2.45, 2.75) is 27.7 Å². The van der Waals surface area contributed by atoms with E-state index in [-0.39, 0.29) is 11.3 Å². The van der Waals surface area contributed by atoms with Gasteiger partial charge in [-0.2, -0.15) is 0 Å². The molecule has 154 valence electrons. The van der Waals surface area contributed by atoms with Gasteiger partial charge in [-0.1, -0.05) is 6.07 Å². The predicted octanol–water partition coefficient (Wildman–Crippen LogP) is 2.54. The molecule has 3 amide bonds. The van der Waals surface area contributed by atoms with E-state index in [1.807, 2.05) is 19.9 Å². The number of aromatic amines is 1. The van der Waals surface area contributed by atoms with Crippen molar-refractivity contribution in [3.05, 3.63) is 51.8 Å². The van der Waals surface area contributed by atoms with Crippen LogP contribution in [0.25, 0.3) is 0 Å². The van der Waals surface area contributed by atoms with Crippen molar-refractivity contribution in [1.82, 2.24) is 10.3 Å². The van der Waals surface area contributed by atoms with Crippen molar-refractivity contribution in [3.63, 3.8) is 0 Å². The summed E-state index contributed by atoms with van der Waals surface area (Å²) < 4.78 is 9.60. The second-order valence-corrected chi connectivity index (χ2v) is 6.49. The first kappa shape index (κ1) is 21.7. The number of amides is 3. The van der Waals surface area contributed by atoms with Gasteiger partial charge in [0.15, 0.2) is 6.61 Å². The van der Waals surface area contributed by atoms with Crippen LogP contribution in [0.4, 0.5) is 10.5 Å². The number of imide groups is 1. The van der Waals surface area contributed by atoms with Gasteiger partial charge in [0.05, 0.1) is 12.7 Å². The van der Waals surface area contributed by atoms with E-state index in [9.17, 15) is 19.2 Å². The Morgan fingerprint density at radius 2 is 1.69 bits per heavy atom. The fourth-order valence-electron chi connectivity index (χ4n) is 2.71. The predicted molar refractivity (Wildman–Crippen MR) is 105 cm³/mol. The summed E-state index contributed by atoms with van der Waals surface area (Å²) in [6.45, 7) is 6.35. The molecule has 1 heterocycles. The smallest absolute Gasteiger partial charge is 0.355 e. The summed E-state index contributed by atoms with van der Waals surface area (Å²) in [6.07, 6.45) is 0. The molecule has 1 aromatic heterocycles. The Hall–Kier alpha value is -3.62. The zero-order chi connectivity index (χ0) is 21.7. The van der Waals surface area contributed by atoms with Crippen molar-refractivity contribution < 1.29 is 28.7 Å². The van der Waals surface area contributed by atoms with Gasteiger partial charge < -0.3 is 19.8 Å². The second kappa shape index (κ2) is 9.05. The van der Waals surface area contributed by atoms with E-state index < -0.39 is 30.5 Å². The Bertz CT molecular complexity index is 977. The third-order valence-corrected chi connectivity index (χ3v) is 4.38. The molecule has 3 N–H and O–H groups in total. The number of carbonyl (C=O) groups is 4. The van der Waals surface area contributed by atoms with Crippen LogP contribution in [0.5, 0.6) is 0 Å². The van der Waals surface area contributed by atoms with E-state index in [0.717, 1.165) is 11.1 Å². The minimum Gasteiger partial charge on any atom is -0.465 e. The zero-order valence-electron chi connectivity index (χ0n) is 16.9. The molecular weight excluding hydrogens is 378 g/mol. The molecule has 0 fully saturated rings. The maximum absolute atomic E-state index is 12.2. The molecule has 0 aliphatic carbocycles. The molecule has 1 aromatic carbocycles. The standard InChI is InChI=1S/C20H23N3O6/c1-10-6-7-14(8-11(10)2)22-20(27)23-15(24)9-29-19(26)17-12(3)16(13(4)21-17)18(25)28-5/h6-8,21H,9H2,1-5H3,(H2,22,23,24,27). The third kappa shape index (κ3) is 5.22. The number of hydrogen-bond acceptors (Lipinski definition) is 6. The highest BCUT2D eigenvalue weighted by atomic mass is 16.5. The molecule has 0 saturated carbocycles. The molecule has 2 rings (SSSR count). The number of carbonyl (C=O) groups excluding carboxylic acids is 4. The van der Waals surface area contributed by atoms with E-state index in [2.05, 4.69) is 20.4 Å². The van der Waals surface area contributed by atoms with Gasteiger partial charge in [-0.3, -0.25) is 10.1 Å². The molecule has 0 atom stereocenters. The number of esters is 2. The van der Waals surface area contributed by atoms with Crippen LogP contribution in [-0.2, 0) is 14.3 Å². The van der Waals surface area contributed by atoms with Crippen LogP contribution in [-0.4, -0.2) is 42.6 Å². The summed E-state index contributed by atoms with van der Waals surface area (Å²) in [7, 11) is 1.24. The quantitative estimate of drug-likeness (QED) is 0.661. The first-order valence-corrected chi connectivity index (χ1v) is 8.76. The topological polar surface area (TPSA) is 127 Å². The lowest BCUT2D eigenvalue weighted by atomic mass is 10.1. The highest BCUT2D eigenvalue weighted by molar-refractivity contribution is 6.03. The molecule has 0 radical (unpaired) electrons. The molecule has 0 aliphatic rings. The fraction of sp³-hybridized carbons (Fsp3) is 0.300. The van der Waals surface area contributed by atoms with Gasteiger partial charge in [-0.15, -0.1) is 0 Å². The molecule has 0 saturated heterocycles. The Labute approximate surface area is 167 Å². The van der Waals surface area contributed by atoms with Gasteiger partial charge in [0.1, 0.15) is 5.69 Å². The normalized spacial score (nSPS) is 10.2. The first-order valence-electron chi connectivity index (χ1n) is 8.76. The summed E-state index contributed by atoms with van der Waals surface area (Å²) in [5, 5.41) is 4.61. The fourth-order valence-corrected chi connectivity index (χ4v) is 2.71. The maximum Gasteiger partial charge on any atom is 0.355 e. The average Bonchev–Trinajstić information content (AvgIpc) is 2.96. The average molecular weight is 401 g/mol. The lowest BCUT2D eigenvalue weighted by Crippen LogP contribution is -2.37. The largest absolute Gasteiger partial charge is 0.465 e. The van der Waals surface area contributed by atoms with E-state index in [4.69, 9.17) is 4.74 Å². The van der Waals surface area contributed by atoms with Crippen LogP contribution in [0.1, 0.15) is 43.2 Å². The molecule has 9 heteroatoms. The van der Waals surface area contributed by atoms with Crippen LogP contribution < -0.4 is 10.6 Å². The summed E-state index contributed by atoms with van der Waals surface area (Å²) in [5.41, 5.74) is 3.66. The number of hydrogen-bond donors (Lipinski definition) is 3. The summed E-state index contributed by atoms with van der Waals surface area (Å²) >= 11 is 0. The van der Waals surface area contributed by atoms with Crippen LogP contribution >= 0.6 is 0 Å². The van der Waals surface area contributed by atoms with Gasteiger partial charge >= 0.3 is 18.0 Å². The van der Waals surface area contributed by atoms with Crippen molar-refractivity contribution in [2.75, 3.05) is 19.0 Å². The van der Waals surface area contributed by atoms with Crippen molar-refractivity contribution >= 4 is 29.6 Å². The van der Waals surface area contributed by atoms with Gasteiger partial charge in [-0.25, -0.2) is 14.4 Å². The number of rotatable bonds is 5. The lowest BCUT2D eigenvalue weighted by Gasteiger charge is -2.09. The van der Waals surface area contributed by atoms with Crippen molar-refractivity contribution in [1.29, 1.82) is 0 Å². The number of H-pyrrole nitrogens is 1. The molecule has 0 aliphatic heterocycles. The third-order valence-electron chi connectivity index (χ3n) is 4.38. The number of methoxy groups -OCH3 is 1. The molecule has 29 heavy (non-hydrogen) atoms. The Kier molecular flexibility index (Phi) is 6.76. The number of anilines is 1. The molecule has 9 nitrogen and oxygen atoms in total. The summed E-state index contributed by atoms with van der Waals surface area (Å²) in [4.78, 5) is 50.5. The van der Waals surface area contributed by atoms with E-state index in [1.54, 1.807) is 26.0 Å². The Morgan fingerprint density at radius 3 is 2.31 bits per heavy atom. The lowest BCUT2D eigenvalue weighted by molar-refractivity contribution is -0.123. The monoisotopic (exact) mass is 401 g/mol. The Balaban J connectivity index is 1.92. The minimum absolute atomic E-state index is 0.0373. The van der Waals surface area contributed by atoms with Gasteiger partial charge in [0.2, 0.25) is 0 Å². The summed E-state index contributed by atoms with van der Waals surface area (Å²) in [5.74, 6) is -2.21. The zero-order valence-corrected chi connectivity index (χ0v) is 16.9. The molecule has 0 spiro atoms. The van der Waals surface area contributed by atoms with Crippen LogP contribution in [0.2, 0.25) is 0 Å². The van der Waals surface area contributed by atoms with Gasteiger partial charge in [-0.05, 0) is 56.5 Å². The van der Waals surface area contributed by atoms with E-state index in [1.165, 1.54) is 7.11 Å². The maximum atomic E-state index is 12.2. The number of benzene rings is 1. The highest BCUT2D eigenvalue weighted by Crippen LogP contribution is 2.19. The number of urea groups is 1. The highest BCUT2D eigenvalue weighted by Gasteiger charge is 2.24. The minimum atomic E-state index is -0.828. The van der Waals surface area contributed by atoms with E-state index in [0.29, 0.717) is 16.9 Å². The summed E-state index contributed by atoms with van der Waals surface area (Å²) in [6, 6.07) is 4.59. The van der Waals surface area contributed by atoms with Crippen molar-refractivity contribution in [3.8, 4) is 0 Å². The Morgan fingerprint density at radius 1 is 1.00 bits per heavy atom. The van der Waals surface area contributed by atoms with Gasteiger partial charge in [0.25, 0.3) is 5.91 Å². The van der Waals surface area contributed by atoms with Crippen LogP contribution in [0.3, 0.4) is 0 Å². The van der Waals surface area contributed by atoms with Crippen molar-refractivity contribution in [2.24, 2.45) is 0 Å². The molecule has 2 aromatic rings. The number of nitrogens with one attached hydrogen (secondary N) is 3. The molecule has 0 unspecified atom stereocenters. The van der Waals surface area contributed by atoms with Gasteiger partial charge in [0, 0.05) is 11.4 Å². The van der Waals surface area contributed by atoms with Crippen LogP contribution in [0.15, 0.2) is 18.2 Å². The number of ether oxygens (including phenoxy) is 2.